The molecule has 0 bridgehead atoms. The Balaban J connectivity index is 1.16. The third kappa shape index (κ3) is 9.37. The number of nitrogens with one attached hydrogen (secondary N) is 1. The van der Waals surface area contributed by atoms with Gasteiger partial charge in [0.1, 0.15) is 0 Å². The molecule has 2 saturated heterocycles. The smallest absolute Gasteiger partial charge is 0.272 e. The van der Waals surface area contributed by atoms with Crippen molar-refractivity contribution in [2.45, 2.75) is 48.4 Å². The van der Waals surface area contributed by atoms with Gasteiger partial charge in [-0.3, -0.25) is 14.6 Å². The highest BCUT2D eigenvalue weighted by atomic mass is 35.6. The van der Waals surface area contributed by atoms with E-state index in [4.69, 9.17) is 44.3 Å². The zero-order valence-corrected chi connectivity index (χ0v) is 28.9. The molecule has 2 aliphatic heterocycles. The first-order valence-electron chi connectivity index (χ1n) is 16.3. The van der Waals surface area contributed by atoms with E-state index in [1.54, 1.807) is 0 Å². The van der Waals surface area contributed by atoms with Gasteiger partial charge in [-0.05, 0) is 45.5 Å². The normalized spacial score (nSPS) is 20.8. The number of alkyl halides is 3. The monoisotopic (exact) mass is 707 g/mol. The van der Waals surface area contributed by atoms with Crippen LogP contribution in [0.5, 0.6) is 0 Å². The molecule has 2 N–H and O–H groups in total. The molecule has 10 heteroatoms. The fourth-order valence-corrected chi connectivity index (χ4v) is 6.50. The van der Waals surface area contributed by atoms with Gasteiger partial charge in [-0.25, -0.2) is 0 Å². The predicted octanol–water partition coefficient (Wildman–Crippen LogP) is 7.20. The van der Waals surface area contributed by atoms with Gasteiger partial charge in [0.05, 0.1) is 18.8 Å². The average Bonchev–Trinajstić information content (AvgIpc) is 3.11. The Labute approximate surface area is 297 Å². The molecule has 252 valence electrons. The van der Waals surface area contributed by atoms with E-state index in [0.29, 0.717) is 0 Å². The summed E-state index contributed by atoms with van der Waals surface area (Å²) in [5.74, 6) is -0.671. The molecule has 0 radical (unpaired) electrons. The predicted molar refractivity (Wildman–Crippen MR) is 191 cm³/mol. The topological polar surface area (TPSA) is 74.3 Å². The molecule has 3 atom stereocenters. The van der Waals surface area contributed by atoms with Crippen molar-refractivity contribution in [1.29, 1.82) is 0 Å². The highest BCUT2D eigenvalue weighted by molar-refractivity contribution is 6.76. The van der Waals surface area contributed by atoms with Crippen molar-refractivity contribution >= 4 is 40.7 Å². The molecule has 4 aromatic rings. The number of aliphatic hydroxyl groups excluding tert-OH is 1. The van der Waals surface area contributed by atoms with Crippen LogP contribution >= 0.6 is 34.8 Å². The van der Waals surface area contributed by atoms with E-state index >= 15 is 0 Å². The SMILES string of the molecule is O=C(NCc1cccc(-c2cccc([C@H]3O[C@@H](CN4CCN(Cc5ccccc5)CC4)C[C@@H](c4ccc(CO)cc4)O3)c2)c1)C(Cl)(Cl)Cl. The van der Waals surface area contributed by atoms with Gasteiger partial charge in [0.15, 0.2) is 6.29 Å². The Bertz CT molecular complexity index is 1640. The second kappa shape index (κ2) is 16.2. The lowest BCUT2D eigenvalue weighted by atomic mass is 9.98. The summed E-state index contributed by atoms with van der Waals surface area (Å²) < 4.78 is 11.3. The Hall–Kier alpha value is -2.98. The minimum Gasteiger partial charge on any atom is -0.392 e. The van der Waals surface area contributed by atoms with Gasteiger partial charge in [0.25, 0.3) is 9.70 Å². The van der Waals surface area contributed by atoms with E-state index in [1.165, 1.54) is 5.56 Å². The number of aliphatic hydroxyl groups is 1. The second-order valence-electron chi connectivity index (χ2n) is 12.4. The molecular weight excluding hydrogens is 669 g/mol. The maximum Gasteiger partial charge on any atom is 0.272 e. The number of carbonyl (C=O) groups excluding carboxylic acids is 1. The van der Waals surface area contributed by atoms with Crippen molar-refractivity contribution < 1.29 is 19.4 Å². The number of hydrogen-bond acceptors (Lipinski definition) is 6. The molecule has 0 spiro atoms. The molecule has 1 amide bonds. The summed E-state index contributed by atoms with van der Waals surface area (Å²) in [5, 5.41) is 12.2. The molecule has 2 fully saturated rings. The van der Waals surface area contributed by atoms with E-state index in [-0.39, 0.29) is 25.4 Å². The Morgan fingerprint density at radius 3 is 2.12 bits per heavy atom. The van der Waals surface area contributed by atoms with Crippen LogP contribution in [0.25, 0.3) is 11.1 Å². The summed E-state index contributed by atoms with van der Waals surface area (Å²) in [6, 6.07) is 34.7. The molecule has 7 nitrogen and oxygen atoms in total. The number of amides is 1. The van der Waals surface area contributed by atoms with Crippen LogP contribution < -0.4 is 5.32 Å². The van der Waals surface area contributed by atoms with Gasteiger partial charge in [-0.15, -0.1) is 0 Å². The lowest BCUT2D eigenvalue weighted by Gasteiger charge is -2.41. The molecule has 4 aromatic carbocycles. The number of hydrogen-bond donors (Lipinski definition) is 2. The molecule has 0 saturated carbocycles. The summed E-state index contributed by atoms with van der Waals surface area (Å²) in [5.41, 5.74) is 7.06. The minimum absolute atomic E-state index is 0.00365. The van der Waals surface area contributed by atoms with Crippen molar-refractivity contribution in [2.75, 3.05) is 32.7 Å². The highest BCUT2D eigenvalue weighted by Crippen LogP contribution is 2.39. The zero-order valence-electron chi connectivity index (χ0n) is 26.6. The van der Waals surface area contributed by atoms with Gasteiger partial charge in [0.2, 0.25) is 0 Å². The van der Waals surface area contributed by atoms with E-state index in [2.05, 4.69) is 51.5 Å². The standard InChI is InChI=1S/C38H40Cl3N3O4/c39-38(40,41)37(46)42-23-29-8-4-9-31(20-29)32-10-5-11-33(21-32)36-47-34(22-35(48-36)30-14-12-28(26-45)13-15-30)25-44-18-16-43(17-19-44)24-27-6-2-1-3-7-27/h1-15,20-21,34-36,45H,16-19,22-26H2,(H,42,46)/t34-,35+,36+/m1/s1. The minimum atomic E-state index is -2.01. The molecule has 6 rings (SSSR count). The first kappa shape index (κ1) is 34.9. The molecule has 0 aromatic heterocycles. The molecule has 2 aliphatic rings. The Morgan fingerprint density at radius 1 is 0.750 bits per heavy atom. The Kier molecular flexibility index (Phi) is 11.7. The third-order valence-corrected chi connectivity index (χ3v) is 9.44. The maximum atomic E-state index is 12.1. The molecule has 0 unspecified atom stereocenters. The zero-order chi connectivity index (χ0) is 33.5. The summed E-state index contributed by atoms with van der Waals surface area (Å²) in [4.78, 5) is 17.1. The third-order valence-electron chi connectivity index (χ3n) is 8.92. The van der Waals surface area contributed by atoms with Gasteiger partial charge in [-0.1, -0.05) is 126 Å². The summed E-state index contributed by atoms with van der Waals surface area (Å²) in [7, 11) is 0. The van der Waals surface area contributed by atoms with Crippen molar-refractivity contribution in [2.24, 2.45) is 0 Å². The van der Waals surface area contributed by atoms with Crippen LogP contribution in [-0.4, -0.2) is 63.4 Å². The molecule has 2 heterocycles. The quantitative estimate of drug-likeness (QED) is 0.170. The lowest BCUT2D eigenvalue weighted by molar-refractivity contribution is -0.253. The van der Waals surface area contributed by atoms with Gasteiger partial charge in [0, 0.05) is 57.8 Å². The number of carbonyl (C=O) groups is 1. The molecular formula is C38H40Cl3N3O4. The summed E-state index contributed by atoms with van der Waals surface area (Å²) in [6.45, 7) is 6.04. The number of halogens is 3. The number of benzene rings is 4. The van der Waals surface area contributed by atoms with E-state index in [1.807, 2.05) is 66.7 Å². The molecule has 0 aliphatic carbocycles. The van der Waals surface area contributed by atoms with Crippen LogP contribution in [0.3, 0.4) is 0 Å². The summed E-state index contributed by atoms with van der Waals surface area (Å²) in [6.07, 6.45) is -0.00640. The van der Waals surface area contributed by atoms with Crippen LogP contribution in [0.15, 0.2) is 103 Å². The number of nitrogens with zero attached hydrogens (tertiary/aromatic N) is 2. The van der Waals surface area contributed by atoms with Crippen molar-refractivity contribution in [3.05, 3.63) is 131 Å². The van der Waals surface area contributed by atoms with E-state index in [9.17, 15) is 9.90 Å². The molecule has 48 heavy (non-hydrogen) atoms. The number of ether oxygens (including phenoxy) is 2. The fourth-order valence-electron chi connectivity index (χ4n) is 6.30. The highest BCUT2D eigenvalue weighted by Gasteiger charge is 2.34. The Morgan fingerprint density at radius 2 is 1.42 bits per heavy atom. The van der Waals surface area contributed by atoms with Crippen LogP contribution in [-0.2, 0) is 34.0 Å². The van der Waals surface area contributed by atoms with Crippen molar-refractivity contribution in [3.8, 4) is 11.1 Å². The second-order valence-corrected chi connectivity index (χ2v) is 14.7. The van der Waals surface area contributed by atoms with Crippen LogP contribution in [0, 0.1) is 0 Å². The largest absolute Gasteiger partial charge is 0.392 e. The van der Waals surface area contributed by atoms with E-state index in [0.717, 1.165) is 79.1 Å². The van der Waals surface area contributed by atoms with E-state index < -0.39 is 16.0 Å². The average molecular weight is 709 g/mol. The lowest BCUT2D eigenvalue weighted by Crippen LogP contribution is -2.49. The summed E-state index contributed by atoms with van der Waals surface area (Å²) >= 11 is 17.1. The first-order chi connectivity index (χ1) is 23.2. The van der Waals surface area contributed by atoms with Crippen LogP contribution in [0.1, 0.15) is 46.6 Å². The number of piperazine rings is 1. The van der Waals surface area contributed by atoms with Gasteiger partial charge < -0.3 is 19.9 Å². The van der Waals surface area contributed by atoms with Crippen LogP contribution in [0.2, 0.25) is 0 Å². The van der Waals surface area contributed by atoms with Crippen LogP contribution in [0.4, 0.5) is 0 Å². The van der Waals surface area contributed by atoms with Gasteiger partial charge in [-0.2, -0.15) is 0 Å². The van der Waals surface area contributed by atoms with Gasteiger partial charge >= 0.3 is 0 Å². The number of rotatable bonds is 10. The maximum absolute atomic E-state index is 12.1. The first-order valence-corrected chi connectivity index (χ1v) is 17.4. The van der Waals surface area contributed by atoms with Crippen molar-refractivity contribution in [1.82, 2.24) is 15.1 Å². The van der Waals surface area contributed by atoms with Crippen molar-refractivity contribution in [3.63, 3.8) is 0 Å². The fraction of sp³-hybridized carbons (Fsp3) is 0.342.